The largest absolute Gasteiger partial charge is 0.468 e. The van der Waals surface area contributed by atoms with E-state index in [1.807, 2.05) is 18.2 Å². The molecule has 27 heavy (non-hydrogen) atoms. The Morgan fingerprint density at radius 1 is 1.11 bits per heavy atom. The number of nitrogens with one attached hydrogen (secondary N) is 1. The molecule has 1 N–H and O–H groups in total. The third-order valence-corrected chi connectivity index (χ3v) is 5.67. The molecule has 2 heterocycles. The van der Waals surface area contributed by atoms with Crippen LogP contribution in [0.25, 0.3) is 0 Å². The molecule has 5 nitrogen and oxygen atoms in total. The number of rotatable bonds is 8. The van der Waals surface area contributed by atoms with E-state index in [1.165, 1.54) is 18.4 Å². The summed E-state index contributed by atoms with van der Waals surface area (Å²) in [6.07, 6.45) is 4.72. The van der Waals surface area contributed by atoms with E-state index in [-0.39, 0.29) is 11.9 Å². The van der Waals surface area contributed by atoms with Gasteiger partial charge in [0.25, 0.3) is 0 Å². The summed E-state index contributed by atoms with van der Waals surface area (Å²) in [5.41, 5.74) is 1.28. The average molecular weight is 368 g/mol. The number of benzene rings is 1. The molecule has 0 bridgehead atoms. The van der Waals surface area contributed by atoms with Gasteiger partial charge in [0.2, 0.25) is 5.91 Å². The second-order valence-corrected chi connectivity index (χ2v) is 7.54. The minimum absolute atomic E-state index is 0.0592. The molecule has 1 saturated heterocycles. The predicted molar refractivity (Wildman–Crippen MR) is 103 cm³/mol. The van der Waals surface area contributed by atoms with Gasteiger partial charge in [0.1, 0.15) is 5.76 Å². The predicted octanol–water partition coefficient (Wildman–Crippen LogP) is 3.35. The number of carbonyl (C=O) groups excluding carboxylic acids is 1. The maximum atomic E-state index is 12.7. The third-order valence-electron chi connectivity index (χ3n) is 5.67. The van der Waals surface area contributed by atoms with E-state index < -0.39 is 0 Å². The van der Waals surface area contributed by atoms with Crippen molar-refractivity contribution in [3.05, 3.63) is 60.1 Å². The molecule has 2 atom stereocenters. The normalized spacial score (nSPS) is 20.1. The summed E-state index contributed by atoms with van der Waals surface area (Å²) in [4.78, 5) is 15.1. The maximum Gasteiger partial charge on any atom is 0.220 e. The van der Waals surface area contributed by atoms with Crippen molar-refractivity contribution in [1.29, 1.82) is 0 Å². The van der Waals surface area contributed by atoms with Gasteiger partial charge in [-0.05, 0) is 42.4 Å². The lowest BCUT2D eigenvalue weighted by atomic mass is 9.91. The highest BCUT2D eigenvalue weighted by molar-refractivity contribution is 5.77. The van der Waals surface area contributed by atoms with Crippen LogP contribution in [-0.2, 0) is 9.53 Å². The zero-order chi connectivity index (χ0) is 18.5. The zero-order valence-electron chi connectivity index (χ0n) is 15.7. The van der Waals surface area contributed by atoms with Crippen molar-refractivity contribution in [1.82, 2.24) is 10.2 Å². The van der Waals surface area contributed by atoms with Gasteiger partial charge in [0.15, 0.2) is 0 Å². The first-order valence-electron chi connectivity index (χ1n) is 9.98. The van der Waals surface area contributed by atoms with Gasteiger partial charge in [0.05, 0.1) is 25.5 Å². The molecule has 5 heteroatoms. The Balaban J connectivity index is 1.37. The molecule has 4 rings (SSSR count). The van der Waals surface area contributed by atoms with Crippen LogP contribution in [0.4, 0.5) is 0 Å². The monoisotopic (exact) mass is 368 g/mol. The first-order valence-corrected chi connectivity index (χ1v) is 9.98. The smallest absolute Gasteiger partial charge is 0.220 e. The van der Waals surface area contributed by atoms with E-state index in [1.54, 1.807) is 6.26 Å². The quantitative estimate of drug-likeness (QED) is 0.776. The van der Waals surface area contributed by atoms with Gasteiger partial charge in [-0.2, -0.15) is 0 Å². The molecule has 0 spiro atoms. The van der Waals surface area contributed by atoms with Gasteiger partial charge in [-0.15, -0.1) is 0 Å². The number of amides is 1. The van der Waals surface area contributed by atoms with Crippen LogP contribution >= 0.6 is 0 Å². The molecule has 1 aliphatic carbocycles. The van der Waals surface area contributed by atoms with Gasteiger partial charge in [-0.25, -0.2) is 0 Å². The summed E-state index contributed by atoms with van der Waals surface area (Å²) >= 11 is 0. The number of morpholine rings is 1. The van der Waals surface area contributed by atoms with Crippen LogP contribution in [0.1, 0.15) is 42.5 Å². The van der Waals surface area contributed by atoms with Gasteiger partial charge in [-0.3, -0.25) is 9.69 Å². The van der Waals surface area contributed by atoms with Crippen LogP contribution in [0.15, 0.2) is 53.1 Å². The van der Waals surface area contributed by atoms with Gasteiger partial charge in [-0.1, -0.05) is 30.3 Å². The highest BCUT2D eigenvalue weighted by Crippen LogP contribution is 2.44. The van der Waals surface area contributed by atoms with Crippen LogP contribution in [0.3, 0.4) is 0 Å². The maximum absolute atomic E-state index is 12.7. The van der Waals surface area contributed by atoms with Crippen molar-refractivity contribution in [2.45, 2.75) is 31.2 Å². The summed E-state index contributed by atoms with van der Waals surface area (Å²) in [5.74, 6) is 2.01. The average Bonchev–Trinajstić information content (AvgIpc) is 3.42. The Morgan fingerprint density at radius 3 is 2.56 bits per heavy atom. The Morgan fingerprint density at radius 2 is 1.89 bits per heavy atom. The molecule has 2 aromatic rings. The van der Waals surface area contributed by atoms with Crippen molar-refractivity contribution in [2.75, 3.05) is 32.8 Å². The summed E-state index contributed by atoms with van der Waals surface area (Å²) in [6.45, 7) is 3.73. The van der Waals surface area contributed by atoms with E-state index >= 15 is 0 Å². The first-order chi connectivity index (χ1) is 13.3. The lowest BCUT2D eigenvalue weighted by molar-refractivity contribution is -0.122. The highest BCUT2D eigenvalue weighted by Gasteiger charge is 2.34. The van der Waals surface area contributed by atoms with E-state index in [2.05, 4.69) is 34.5 Å². The molecular formula is C22H28N2O3. The number of hydrogen-bond donors (Lipinski definition) is 1. The third kappa shape index (κ3) is 4.79. The fourth-order valence-corrected chi connectivity index (χ4v) is 4.02. The molecule has 1 amide bonds. The van der Waals surface area contributed by atoms with Crippen LogP contribution in [0.5, 0.6) is 0 Å². The molecule has 1 aromatic carbocycles. The van der Waals surface area contributed by atoms with E-state index in [0.717, 1.165) is 32.1 Å². The fraction of sp³-hybridized carbons (Fsp3) is 0.500. The van der Waals surface area contributed by atoms with Gasteiger partial charge >= 0.3 is 0 Å². The SMILES string of the molecule is O=C(CC(c1ccccc1)C1CC1)NCC(c1ccco1)N1CCOCC1. The molecule has 1 saturated carbocycles. The summed E-state index contributed by atoms with van der Waals surface area (Å²) in [5, 5.41) is 3.17. The standard InChI is InChI=1S/C22H28N2O3/c25-22(15-19(18-8-9-18)17-5-2-1-3-6-17)23-16-20(21-7-4-12-27-21)24-10-13-26-14-11-24/h1-7,12,18-20H,8-11,13-16H2,(H,23,25). The van der Waals surface area contributed by atoms with Crippen molar-refractivity contribution in [2.24, 2.45) is 5.92 Å². The summed E-state index contributed by atoms with van der Waals surface area (Å²) in [7, 11) is 0. The van der Waals surface area contributed by atoms with Gasteiger partial charge < -0.3 is 14.5 Å². The highest BCUT2D eigenvalue weighted by atomic mass is 16.5. The molecule has 2 aliphatic rings. The van der Waals surface area contributed by atoms with Crippen LogP contribution in [-0.4, -0.2) is 43.7 Å². The first kappa shape index (κ1) is 18.3. The van der Waals surface area contributed by atoms with E-state index in [9.17, 15) is 4.79 Å². The molecule has 2 fully saturated rings. The van der Waals surface area contributed by atoms with Gasteiger partial charge in [0, 0.05) is 26.1 Å². The minimum Gasteiger partial charge on any atom is -0.468 e. The molecule has 2 unspecified atom stereocenters. The molecular weight excluding hydrogens is 340 g/mol. The molecule has 1 aromatic heterocycles. The Kier molecular flexibility index (Phi) is 5.90. The van der Waals surface area contributed by atoms with Crippen molar-refractivity contribution < 1.29 is 13.9 Å². The Hall–Kier alpha value is -2.11. The van der Waals surface area contributed by atoms with Crippen LogP contribution in [0, 0.1) is 5.92 Å². The second kappa shape index (κ2) is 8.72. The lowest BCUT2D eigenvalue weighted by Gasteiger charge is -2.33. The lowest BCUT2D eigenvalue weighted by Crippen LogP contribution is -2.43. The molecule has 144 valence electrons. The van der Waals surface area contributed by atoms with Crippen molar-refractivity contribution >= 4 is 5.91 Å². The van der Waals surface area contributed by atoms with E-state index in [0.29, 0.717) is 24.8 Å². The Bertz CT molecular complexity index is 706. The topological polar surface area (TPSA) is 54.7 Å². The molecule has 1 aliphatic heterocycles. The van der Waals surface area contributed by atoms with Crippen LogP contribution < -0.4 is 5.32 Å². The number of ether oxygens (including phenoxy) is 1. The second-order valence-electron chi connectivity index (χ2n) is 7.54. The fourth-order valence-electron chi connectivity index (χ4n) is 4.02. The summed E-state index contributed by atoms with van der Waals surface area (Å²) < 4.78 is 11.1. The van der Waals surface area contributed by atoms with Crippen molar-refractivity contribution in [3.63, 3.8) is 0 Å². The number of carbonyl (C=O) groups is 1. The number of hydrogen-bond acceptors (Lipinski definition) is 4. The Labute approximate surface area is 160 Å². The molecule has 0 radical (unpaired) electrons. The van der Waals surface area contributed by atoms with Crippen LogP contribution in [0.2, 0.25) is 0 Å². The minimum atomic E-state index is 0.0592. The van der Waals surface area contributed by atoms with E-state index in [4.69, 9.17) is 9.15 Å². The number of furan rings is 1. The summed E-state index contributed by atoms with van der Waals surface area (Å²) in [6, 6.07) is 14.4. The number of nitrogens with zero attached hydrogens (tertiary/aromatic N) is 1. The van der Waals surface area contributed by atoms with Crippen molar-refractivity contribution in [3.8, 4) is 0 Å². The zero-order valence-corrected chi connectivity index (χ0v) is 15.7.